The highest BCUT2D eigenvalue weighted by Crippen LogP contribution is 2.40. The topological polar surface area (TPSA) is 37.3 Å². The lowest BCUT2D eigenvalue weighted by Crippen LogP contribution is -2.13. The monoisotopic (exact) mass is 332 g/mol. The van der Waals surface area contributed by atoms with Gasteiger partial charge in [-0.05, 0) is 34.1 Å². The number of halogens is 3. The lowest BCUT2D eigenvalue weighted by Gasteiger charge is -2.14. The molecule has 6 heteroatoms. The molecule has 0 aliphatic rings. The van der Waals surface area contributed by atoms with Crippen molar-refractivity contribution in [3.63, 3.8) is 0 Å². The van der Waals surface area contributed by atoms with Gasteiger partial charge in [-0.3, -0.25) is 0 Å². The molecule has 0 saturated heterocycles. The highest BCUT2D eigenvalue weighted by Gasteiger charge is 2.35. The second-order valence-corrected chi connectivity index (χ2v) is 5.41. The van der Waals surface area contributed by atoms with Gasteiger partial charge in [0, 0.05) is 15.4 Å². The zero-order chi connectivity index (χ0) is 13.3. The second-order valence-electron chi connectivity index (χ2n) is 3.59. The summed E-state index contributed by atoms with van der Waals surface area (Å²) in [6, 6.07) is 5.98. The maximum Gasteiger partial charge on any atom is 0.335 e. The molecule has 2 aromatic rings. The van der Waals surface area contributed by atoms with Crippen LogP contribution in [0.3, 0.4) is 0 Å². The highest BCUT2D eigenvalue weighted by atomic mass is 79.9. The summed E-state index contributed by atoms with van der Waals surface area (Å²) in [5.41, 5.74) is -0.233. The van der Waals surface area contributed by atoms with Crippen LogP contribution in [0, 0.1) is 0 Å². The number of carboxylic acids is 1. The van der Waals surface area contributed by atoms with E-state index in [4.69, 9.17) is 5.11 Å². The summed E-state index contributed by atoms with van der Waals surface area (Å²) < 4.78 is 28.8. The van der Waals surface area contributed by atoms with Gasteiger partial charge in [-0.15, -0.1) is 11.3 Å². The van der Waals surface area contributed by atoms with Gasteiger partial charge in [0.2, 0.25) is 0 Å². The van der Waals surface area contributed by atoms with Gasteiger partial charge >= 0.3 is 11.9 Å². The normalized spacial score (nSPS) is 11.5. The van der Waals surface area contributed by atoms with E-state index in [2.05, 4.69) is 15.9 Å². The first-order chi connectivity index (χ1) is 8.41. The van der Waals surface area contributed by atoms with E-state index >= 15 is 0 Å². The highest BCUT2D eigenvalue weighted by molar-refractivity contribution is 9.10. The zero-order valence-electron chi connectivity index (χ0n) is 8.86. The predicted molar refractivity (Wildman–Crippen MR) is 68.4 cm³/mol. The summed E-state index contributed by atoms with van der Waals surface area (Å²) in [6.45, 7) is 0. The fourth-order valence-corrected chi connectivity index (χ4v) is 2.87. The Bertz CT molecular complexity index is 578. The van der Waals surface area contributed by atoms with Crippen LogP contribution in [0.25, 0.3) is 0 Å². The van der Waals surface area contributed by atoms with Crippen molar-refractivity contribution in [3.05, 3.63) is 56.2 Å². The minimum atomic E-state index is -3.12. The predicted octanol–water partition coefficient (Wildman–Crippen LogP) is 4.35. The van der Waals surface area contributed by atoms with Crippen molar-refractivity contribution in [2.24, 2.45) is 0 Å². The summed E-state index contributed by atoms with van der Waals surface area (Å²) in [4.78, 5) is 10.6. The molecule has 0 radical (unpaired) electrons. The third kappa shape index (κ3) is 2.44. The first-order valence-corrected chi connectivity index (χ1v) is 6.54. The number of aromatic carboxylic acids is 1. The fourth-order valence-electron chi connectivity index (χ4n) is 1.44. The van der Waals surface area contributed by atoms with E-state index in [1.165, 1.54) is 18.2 Å². The van der Waals surface area contributed by atoms with Gasteiger partial charge in [-0.2, -0.15) is 8.78 Å². The third-order valence-corrected chi connectivity index (χ3v) is 4.13. The Labute approximate surface area is 114 Å². The maximum atomic E-state index is 14.1. The molecule has 0 fully saturated rings. The van der Waals surface area contributed by atoms with Gasteiger partial charge in [-0.1, -0.05) is 12.1 Å². The number of hydrogen-bond donors (Lipinski definition) is 1. The van der Waals surface area contributed by atoms with Crippen LogP contribution in [0.15, 0.2) is 40.2 Å². The Balaban J connectivity index is 2.38. The van der Waals surface area contributed by atoms with Crippen LogP contribution in [0.2, 0.25) is 0 Å². The van der Waals surface area contributed by atoms with Crippen LogP contribution in [-0.2, 0) is 5.92 Å². The number of rotatable bonds is 3. The molecule has 0 atom stereocenters. The Morgan fingerprint density at radius 2 is 1.89 bits per heavy atom. The molecule has 2 nitrogen and oxygen atoms in total. The van der Waals surface area contributed by atoms with Crippen molar-refractivity contribution in [2.45, 2.75) is 5.92 Å². The Morgan fingerprint density at radius 3 is 2.33 bits per heavy atom. The summed E-state index contributed by atoms with van der Waals surface area (Å²) in [5, 5.41) is 10.3. The lowest BCUT2D eigenvalue weighted by molar-refractivity contribution is 0.0467. The number of hydrogen-bond acceptors (Lipinski definition) is 2. The van der Waals surface area contributed by atoms with E-state index in [9.17, 15) is 13.6 Å². The number of thiophene rings is 1. The van der Waals surface area contributed by atoms with Crippen molar-refractivity contribution in [1.82, 2.24) is 0 Å². The second kappa shape index (κ2) is 4.78. The molecule has 0 saturated carbocycles. The van der Waals surface area contributed by atoms with Crippen molar-refractivity contribution in [2.75, 3.05) is 0 Å². The molecule has 0 aliphatic carbocycles. The molecule has 0 amide bonds. The van der Waals surface area contributed by atoms with Crippen LogP contribution in [0.1, 0.15) is 20.8 Å². The number of carbonyl (C=O) groups is 1. The zero-order valence-corrected chi connectivity index (χ0v) is 11.3. The molecule has 1 N–H and O–H groups in total. The minimum Gasteiger partial charge on any atom is -0.478 e. The molecule has 1 aromatic carbocycles. The van der Waals surface area contributed by atoms with Gasteiger partial charge in [0.1, 0.15) is 0 Å². The van der Waals surface area contributed by atoms with E-state index in [1.807, 2.05) is 0 Å². The van der Waals surface area contributed by atoms with Gasteiger partial charge in [0.15, 0.2) is 0 Å². The van der Waals surface area contributed by atoms with Crippen LogP contribution in [0.5, 0.6) is 0 Å². The Morgan fingerprint density at radius 1 is 1.28 bits per heavy atom. The summed E-state index contributed by atoms with van der Waals surface area (Å²) in [6.07, 6.45) is 0. The summed E-state index contributed by atoms with van der Waals surface area (Å²) in [5.74, 6) is -4.25. The first-order valence-electron chi connectivity index (χ1n) is 4.87. The molecule has 1 aromatic heterocycles. The van der Waals surface area contributed by atoms with E-state index < -0.39 is 11.9 Å². The SMILES string of the molecule is O=C(O)c1ccc(C(F)(F)c2cc(Br)cs2)cc1. The molecule has 0 aliphatic heterocycles. The third-order valence-electron chi connectivity index (χ3n) is 2.37. The summed E-state index contributed by atoms with van der Waals surface area (Å²) in [7, 11) is 0. The Kier molecular flexibility index (Phi) is 3.49. The van der Waals surface area contributed by atoms with Crippen molar-refractivity contribution < 1.29 is 18.7 Å². The number of carboxylic acid groups (broad SMARTS) is 1. The number of benzene rings is 1. The average Bonchev–Trinajstić information content (AvgIpc) is 2.76. The largest absolute Gasteiger partial charge is 0.478 e. The van der Waals surface area contributed by atoms with Crippen molar-refractivity contribution >= 4 is 33.2 Å². The van der Waals surface area contributed by atoms with Gasteiger partial charge < -0.3 is 5.11 Å². The molecule has 18 heavy (non-hydrogen) atoms. The van der Waals surface area contributed by atoms with Crippen LogP contribution < -0.4 is 0 Å². The fraction of sp³-hybridized carbons (Fsp3) is 0.0833. The van der Waals surface area contributed by atoms with Gasteiger partial charge in [0.05, 0.1) is 10.4 Å². The van der Waals surface area contributed by atoms with Gasteiger partial charge in [-0.25, -0.2) is 4.79 Å². The van der Waals surface area contributed by atoms with Crippen LogP contribution in [-0.4, -0.2) is 11.1 Å². The standard InChI is InChI=1S/C12H7BrF2O2S/c13-9-5-10(18-6-9)12(14,15)8-3-1-7(2-4-8)11(16)17/h1-6H,(H,16,17). The molecule has 1 heterocycles. The van der Waals surface area contributed by atoms with E-state index in [1.54, 1.807) is 5.38 Å². The Hall–Kier alpha value is -1.27. The molecular formula is C12H7BrF2O2S. The van der Waals surface area contributed by atoms with Crippen LogP contribution in [0.4, 0.5) is 8.78 Å². The lowest BCUT2D eigenvalue weighted by atomic mass is 10.1. The molecule has 0 spiro atoms. The quantitative estimate of drug-likeness (QED) is 0.907. The maximum absolute atomic E-state index is 14.1. The van der Waals surface area contributed by atoms with Crippen molar-refractivity contribution in [1.29, 1.82) is 0 Å². The van der Waals surface area contributed by atoms with Crippen LogP contribution >= 0.6 is 27.3 Å². The summed E-state index contributed by atoms with van der Waals surface area (Å²) >= 11 is 4.08. The first kappa shape index (κ1) is 13.2. The molecule has 0 bridgehead atoms. The minimum absolute atomic E-state index is 0.0121. The molecular weight excluding hydrogens is 326 g/mol. The van der Waals surface area contributed by atoms with E-state index in [0.717, 1.165) is 23.5 Å². The van der Waals surface area contributed by atoms with E-state index in [-0.39, 0.29) is 16.0 Å². The molecule has 94 valence electrons. The van der Waals surface area contributed by atoms with E-state index in [0.29, 0.717) is 4.47 Å². The molecule has 2 rings (SSSR count). The molecule has 0 unspecified atom stereocenters. The van der Waals surface area contributed by atoms with Gasteiger partial charge in [0.25, 0.3) is 0 Å². The van der Waals surface area contributed by atoms with Crippen molar-refractivity contribution in [3.8, 4) is 0 Å². The number of alkyl halides is 2. The average molecular weight is 333 g/mol. The smallest absolute Gasteiger partial charge is 0.335 e.